The van der Waals surface area contributed by atoms with Crippen LogP contribution in [0, 0.1) is 6.92 Å². The highest BCUT2D eigenvalue weighted by atomic mass is 16.2. The van der Waals surface area contributed by atoms with E-state index >= 15 is 0 Å². The van der Waals surface area contributed by atoms with Gasteiger partial charge in [-0.05, 0) is 64.4 Å². The standard InChI is InChI=1S/C23H29N3O/c1-18-9-11-20(12-10-18)26-17-22(24-21(26)27)13-15-23(16-14-22,25(2)3)19-7-5-4-6-8-19/h4-12H,13-17H2,1-3H3,(H,24,27)/t22-,23-. The van der Waals surface area contributed by atoms with Crippen molar-refractivity contribution >= 4 is 11.7 Å². The number of hydrogen-bond acceptors (Lipinski definition) is 2. The molecule has 1 heterocycles. The molecule has 2 aromatic rings. The number of anilines is 1. The highest BCUT2D eigenvalue weighted by Gasteiger charge is 2.50. The Morgan fingerprint density at radius 1 is 0.926 bits per heavy atom. The van der Waals surface area contributed by atoms with Gasteiger partial charge in [-0.3, -0.25) is 9.80 Å². The van der Waals surface area contributed by atoms with E-state index in [0.29, 0.717) is 0 Å². The number of carbonyl (C=O) groups excluding carboxylic acids is 1. The fraction of sp³-hybridized carbons (Fsp3) is 0.435. The normalized spacial score (nSPS) is 28.0. The van der Waals surface area contributed by atoms with E-state index in [1.165, 1.54) is 11.1 Å². The van der Waals surface area contributed by atoms with Gasteiger partial charge in [-0.2, -0.15) is 0 Å². The number of urea groups is 1. The second-order valence-corrected chi connectivity index (χ2v) is 8.42. The van der Waals surface area contributed by atoms with Gasteiger partial charge in [0.2, 0.25) is 0 Å². The first-order chi connectivity index (χ1) is 12.9. The number of rotatable bonds is 3. The number of nitrogens with one attached hydrogen (secondary N) is 1. The average Bonchev–Trinajstić information content (AvgIpc) is 3.00. The van der Waals surface area contributed by atoms with E-state index in [-0.39, 0.29) is 17.1 Å². The van der Waals surface area contributed by atoms with Crippen molar-refractivity contribution in [3.63, 3.8) is 0 Å². The van der Waals surface area contributed by atoms with Crippen LogP contribution >= 0.6 is 0 Å². The lowest BCUT2D eigenvalue weighted by Crippen LogP contribution is -2.54. The van der Waals surface area contributed by atoms with Crippen molar-refractivity contribution in [3.05, 3.63) is 65.7 Å². The molecular formula is C23H29N3O. The Balaban J connectivity index is 1.54. The molecule has 2 fully saturated rings. The molecule has 0 unspecified atom stereocenters. The Morgan fingerprint density at radius 3 is 2.15 bits per heavy atom. The van der Waals surface area contributed by atoms with Crippen LogP contribution in [0.3, 0.4) is 0 Å². The van der Waals surface area contributed by atoms with Crippen molar-refractivity contribution in [2.24, 2.45) is 0 Å². The molecule has 142 valence electrons. The summed E-state index contributed by atoms with van der Waals surface area (Å²) >= 11 is 0. The van der Waals surface area contributed by atoms with Gasteiger partial charge in [-0.1, -0.05) is 48.0 Å². The third-order valence-electron chi connectivity index (χ3n) is 6.63. The zero-order chi connectivity index (χ0) is 19.1. The van der Waals surface area contributed by atoms with Crippen LogP contribution in [0.5, 0.6) is 0 Å². The van der Waals surface area contributed by atoms with Gasteiger partial charge in [0, 0.05) is 11.2 Å². The smallest absolute Gasteiger partial charge is 0.322 e. The maximum Gasteiger partial charge on any atom is 0.322 e. The maximum absolute atomic E-state index is 12.7. The molecule has 1 aliphatic carbocycles. The first-order valence-corrected chi connectivity index (χ1v) is 9.84. The van der Waals surface area contributed by atoms with Gasteiger partial charge >= 0.3 is 6.03 Å². The van der Waals surface area contributed by atoms with Crippen LogP contribution in [-0.4, -0.2) is 37.1 Å². The van der Waals surface area contributed by atoms with Gasteiger partial charge in [-0.15, -0.1) is 0 Å². The van der Waals surface area contributed by atoms with E-state index in [1.807, 2.05) is 17.0 Å². The third-order valence-corrected chi connectivity index (χ3v) is 6.63. The van der Waals surface area contributed by atoms with Gasteiger partial charge in [0.05, 0.1) is 12.1 Å². The minimum atomic E-state index is -0.115. The van der Waals surface area contributed by atoms with Gasteiger partial charge in [-0.25, -0.2) is 4.79 Å². The second-order valence-electron chi connectivity index (χ2n) is 8.42. The minimum absolute atomic E-state index is 0.0379. The number of benzene rings is 2. The Morgan fingerprint density at radius 2 is 1.56 bits per heavy atom. The molecule has 4 rings (SSSR count). The molecule has 27 heavy (non-hydrogen) atoms. The molecule has 0 aromatic heterocycles. The number of amides is 2. The number of nitrogens with zero attached hydrogens (tertiary/aromatic N) is 2. The van der Waals surface area contributed by atoms with E-state index in [1.54, 1.807) is 0 Å². The molecule has 0 radical (unpaired) electrons. The summed E-state index contributed by atoms with van der Waals surface area (Å²) in [7, 11) is 4.35. The Labute approximate surface area is 162 Å². The second kappa shape index (κ2) is 6.68. The monoisotopic (exact) mass is 363 g/mol. The average molecular weight is 364 g/mol. The quantitative estimate of drug-likeness (QED) is 0.883. The molecular weight excluding hydrogens is 334 g/mol. The largest absolute Gasteiger partial charge is 0.330 e. The third kappa shape index (κ3) is 3.12. The summed E-state index contributed by atoms with van der Waals surface area (Å²) in [6, 6.07) is 19.1. The fourth-order valence-electron chi connectivity index (χ4n) is 4.81. The summed E-state index contributed by atoms with van der Waals surface area (Å²) in [5.41, 5.74) is 3.52. The van der Waals surface area contributed by atoms with E-state index < -0.39 is 0 Å². The van der Waals surface area contributed by atoms with E-state index in [2.05, 4.69) is 73.7 Å². The molecule has 1 N–H and O–H groups in total. The number of aryl methyl sites for hydroxylation is 1. The van der Waals surface area contributed by atoms with Crippen molar-refractivity contribution in [1.29, 1.82) is 0 Å². The molecule has 4 nitrogen and oxygen atoms in total. The fourth-order valence-corrected chi connectivity index (χ4v) is 4.81. The molecule has 4 heteroatoms. The summed E-state index contributed by atoms with van der Waals surface area (Å²) in [6.07, 6.45) is 4.08. The Hall–Kier alpha value is -2.33. The van der Waals surface area contributed by atoms with Crippen LogP contribution in [0.15, 0.2) is 54.6 Å². The van der Waals surface area contributed by atoms with Crippen LogP contribution < -0.4 is 10.2 Å². The molecule has 1 spiro atoms. The predicted octanol–water partition coefficient (Wildman–Crippen LogP) is 4.29. The van der Waals surface area contributed by atoms with Crippen LogP contribution in [0.25, 0.3) is 0 Å². The van der Waals surface area contributed by atoms with Crippen molar-refractivity contribution in [3.8, 4) is 0 Å². The van der Waals surface area contributed by atoms with E-state index in [0.717, 1.165) is 37.9 Å². The molecule has 0 bridgehead atoms. The molecule has 0 atom stereocenters. The minimum Gasteiger partial charge on any atom is -0.330 e. The first-order valence-electron chi connectivity index (χ1n) is 9.84. The SMILES string of the molecule is Cc1ccc(N2C[C@]3(CC[C@@](c4ccccc4)(N(C)C)CC3)NC2=O)cc1. The molecule has 1 saturated carbocycles. The van der Waals surface area contributed by atoms with Gasteiger partial charge in [0.15, 0.2) is 0 Å². The highest BCUT2D eigenvalue weighted by molar-refractivity contribution is 5.95. The highest BCUT2D eigenvalue weighted by Crippen LogP contribution is 2.46. The summed E-state index contributed by atoms with van der Waals surface area (Å²) in [4.78, 5) is 17.0. The summed E-state index contributed by atoms with van der Waals surface area (Å²) in [6.45, 7) is 2.83. The Bertz CT molecular complexity index is 805. The summed E-state index contributed by atoms with van der Waals surface area (Å²) < 4.78 is 0. The summed E-state index contributed by atoms with van der Waals surface area (Å²) in [5.74, 6) is 0. The Kier molecular flexibility index (Phi) is 4.47. The zero-order valence-electron chi connectivity index (χ0n) is 16.5. The number of carbonyl (C=O) groups is 1. The van der Waals surface area contributed by atoms with E-state index in [4.69, 9.17) is 0 Å². The van der Waals surface area contributed by atoms with Crippen molar-refractivity contribution in [2.45, 2.75) is 43.7 Å². The molecule has 1 saturated heterocycles. The first kappa shape index (κ1) is 18.1. The van der Waals surface area contributed by atoms with Crippen molar-refractivity contribution < 1.29 is 4.79 Å². The van der Waals surface area contributed by atoms with E-state index in [9.17, 15) is 4.79 Å². The van der Waals surface area contributed by atoms with Gasteiger partial charge in [0.1, 0.15) is 0 Å². The van der Waals surface area contributed by atoms with Gasteiger partial charge in [0.25, 0.3) is 0 Å². The predicted molar refractivity (Wildman–Crippen MR) is 110 cm³/mol. The zero-order valence-corrected chi connectivity index (χ0v) is 16.5. The van der Waals surface area contributed by atoms with Crippen molar-refractivity contribution in [2.75, 3.05) is 25.5 Å². The molecule has 1 aliphatic heterocycles. The van der Waals surface area contributed by atoms with Crippen LogP contribution in [-0.2, 0) is 5.54 Å². The van der Waals surface area contributed by atoms with Gasteiger partial charge < -0.3 is 5.32 Å². The van der Waals surface area contributed by atoms with Crippen LogP contribution in [0.2, 0.25) is 0 Å². The lowest BCUT2D eigenvalue weighted by Gasteiger charge is -2.48. The van der Waals surface area contributed by atoms with Crippen LogP contribution in [0.4, 0.5) is 10.5 Å². The lowest BCUT2D eigenvalue weighted by molar-refractivity contribution is 0.0658. The lowest BCUT2D eigenvalue weighted by atomic mass is 9.69. The summed E-state index contributed by atoms with van der Waals surface area (Å²) in [5, 5.41) is 3.33. The molecule has 2 amide bonds. The molecule has 2 aromatic carbocycles. The topological polar surface area (TPSA) is 35.6 Å². The maximum atomic E-state index is 12.7. The number of hydrogen-bond donors (Lipinski definition) is 1. The van der Waals surface area contributed by atoms with Crippen molar-refractivity contribution in [1.82, 2.24) is 10.2 Å². The van der Waals surface area contributed by atoms with Crippen LogP contribution in [0.1, 0.15) is 36.8 Å². The molecule has 2 aliphatic rings.